The number of nitrogens with zero attached hydrogens (tertiary/aromatic N) is 2. The molecule has 2 aromatic rings. The van der Waals surface area contributed by atoms with E-state index in [0.717, 1.165) is 49.3 Å². The van der Waals surface area contributed by atoms with Crippen molar-refractivity contribution in [1.29, 1.82) is 0 Å². The van der Waals surface area contributed by atoms with Crippen molar-refractivity contribution in [3.63, 3.8) is 0 Å². The van der Waals surface area contributed by atoms with Gasteiger partial charge in [-0.25, -0.2) is 8.78 Å². The highest BCUT2D eigenvalue weighted by Crippen LogP contribution is 2.26. The molecular weight excluding hydrogens is 390 g/mol. The van der Waals surface area contributed by atoms with Crippen LogP contribution < -0.4 is 15.5 Å². The summed E-state index contributed by atoms with van der Waals surface area (Å²) in [7, 11) is 3.94. The Morgan fingerprint density at radius 1 is 1.03 bits per heavy atom. The number of nitrogens with one attached hydrogen (secondary N) is 2. The standard InChI is InChI=1S/C22H26F2N4O2/c1-27(2)17-8-5-15(6-9-17)20(28-11-3-4-12-28)14-25-21(29)22(30)26-19-10-7-16(23)13-18(19)24/h5-10,13,20H,3-4,11-12,14H2,1-2H3,(H,25,29)(H,26,30). The molecule has 1 heterocycles. The first-order chi connectivity index (χ1) is 14.3. The Labute approximate surface area is 174 Å². The molecule has 0 radical (unpaired) electrons. The predicted molar refractivity (Wildman–Crippen MR) is 112 cm³/mol. The maximum absolute atomic E-state index is 13.7. The number of carbonyl (C=O) groups excluding carboxylic acids is 2. The Hall–Kier alpha value is -3.00. The SMILES string of the molecule is CN(C)c1ccc(C(CNC(=O)C(=O)Nc2ccc(F)cc2F)N2CCCC2)cc1. The van der Waals surface area contributed by atoms with E-state index in [4.69, 9.17) is 0 Å². The van der Waals surface area contributed by atoms with Crippen molar-refractivity contribution >= 4 is 23.2 Å². The molecule has 1 aliphatic heterocycles. The van der Waals surface area contributed by atoms with Crippen molar-refractivity contribution < 1.29 is 18.4 Å². The van der Waals surface area contributed by atoms with E-state index in [1.807, 2.05) is 43.3 Å². The summed E-state index contributed by atoms with van der Waals surface area (Å²) in [6.45, 7) is 2.09. The zero-order valence-electron chi connectivity index (χ0n) is 17.1. The van der Waals surface area contributed by atoms with Crippen LogP contribution in [0.15, 0.2) is 42.5 Å². The highest BCUT2D eigenvalue weighted by atomic mass is 19.1. The summed E-state index contributed by atoms with van der Waals surface area (Å²) in [6.07, 6.45) is 2.18. The number of amides is 2. The van der Waals surface area contributed by atoms with E-state index >= 15 is 0 Å². The number of anilines is 2. The lowest BCUT2D eigenvalue weighted by Crippen LogP contribution is -2.41. The normalized spacial score (nSPS) is 14.9. The van der Waals surface area contributed by atoms with Gasteiger partial charge in [-0.1, -0.05) is 12.1 Å². The van der Waals surface area contributed by atoms with E-state index < -0.39 is 23.4 Å². The van der Waals surface area contributed by atoms with Crippen molar-refractivity contribution in [3.05, 3.63) is 59.7 Å². The minimum atomic E-state index is -0.997. The van der Waals surface area contributed by atoms with E-state index in [-0.39, 0.29) is 18.3 Å². The molecule has 0 bridgehead atoms. The molecule has 0 saturated carbocycles. The molecule has 1 atom stereocenters. The van der Waals surface area contributed by atoms with Gasteiger partial charge in [-0.2, -0.15) is 0 Å². The summed E-state index contributed by atoms with van der Waals surface area (Å²) in [4.78, 5) is 28.7. The molecule has 2 amide bonds. The van der Waals surface area contributed by atoms with Crippen LogP contribution in [0, 0.1) is 11.6 Å². The van der Waals surface area contributed by atoms with Gasteiger partial charge in [-0.15, -0.1) is 0 Å². The lowest BCUT2D eigenvalue weighted by atomic mass is 10.0. The second-order valence-corrected chi connectivity index (χ2v) is 7.53. The predicted octanol–water partition coefficient (Wildman–Crippen LogP) is 2.92. The first kappa shape index (κ1) is 21.7. The van der Waals surface area contributed by atoms with Crippen LogP contribution in [-0.2, 0) is 9.59 Å². The highest BCUT2D eigenvalue weighted by molar-refractivity contribution is 6.39. The molecule has 2 aromatic carbocycles. The van der Waals surface area contributed by atoms with Crippen LogP contribution in [-0.4, -0.2) is 50.4 Å². The van der Waals surface area contributed by atoms with Gasteiger partial charge in [0.2, 0.25) is 0 Å². The van der Waals surface area contributed by atoms with Gasteiger partial charge >= 0.3 is 11.8 Å². The van der Waals surface area contributed by atoms with Gasteiger partial charge in [0, 0.05) is 32.4 Å². The molecule has 1 fully saturated rings. The molecule has 0 spiro atoms. The summed E-state index contributed by atoms with van der Waals surface area (Å²) < 4.78 is 26.7. The van der Waals surface area contributed by atoms with E-state index in [1.54, 1.807) is 0 Å². The summed E-state index contributed by atoms with van der Waals surface area (Å²) >= 11 is 0. The molecule has 2 N–H and O–H groups in total. The quantitative estimate of drug-likeness (QED) is 0.711. The lowest BCUT2D eigenvalue weighted by molar-refractivity contribution is -0.136. The molecular formula is C22H26F2N4O2. The second kappa shape index (κ2) is 9.67. The maximum Gasteiger partial charge on any atom is 0.313 e. The zero-order valence-corrected chi connectivity index (χ0v) is 17.1. The van der Waals surface area contributed by atoms with Crippen molar-refractivity contribution in [3.8, 4) is 0 Å². The lowest BCUT2D eigenvalue weighted by Gasteiger charge is -2.28. The van der Waals surface area contributed by atoms with Gasteiger partial charge in [-0.05, 0) is 55.8 Å². The van der Waals surface area contributed by atoms with E-state index in [0.29, 0.717) is 6.07 Å². The van der Waals surface area contributed by atoms with Crippen LogP contribution in [0.2, 0.25) is 0 Å². The van der Waals surface area contributed by atoms with Crippen LogP contribution in [0.3, 0.4) is 0 Å². The van der Waals surface area contributed by atoms with Crippen LogP contribution >= 0.6 is 0 Å². The van der Waals surface area contributed by atoms with Crippen LogP contribution in [0.4, 0.5) is 20.2 Å². The van der Waals surface area contributed by atoms with E-state index in [9.17, 15) is 18.4 Å². The molecule has 1 saturated heterocycles. The average molecular weight is 416 g/mol. The van der Waals surface area contributed by atoms with Gasteiger partial charge in [0.05, 0.1) is 11.7 Å². The van der Waals surface area contributed by atoms with Gasteiger partial charge in [0.25, 0.3) is 0 Å². The average Bonchev–Trinajstić information content (AvgIpc) is 3.25. The smallest absolute Gasteiger partial charge is 0.313 e. The fraction of sp³-hybridized carbons (Fsp3) is 0.364. The summed E-state index contributed by atoms with van der Waals surface area (Å²) in [5.41, 5.74) is 1.88. The molecule has 8 heteroatoms. The van der Waals surface area contributed by atoms with Crippen LogP contribution in [0.25, 0.3) is 0 Å². The Bertz CT molecular complexity index is 897. The topological polar surface area (TPSA) is 64.7 Å². The number of rotatable bonds is 6. The first-order valence-electron chi connectivity index (χ1n) is 9.90. The number of halogens is 2. The number of carbonyl (C=O) groups is 2. The Morgan fingerprint density at radius 3 is 2.30 bits per heavy atom. The molecule has 3 rings (SSSR count). The minimum Gasteiger partial charge on any atom is -0.378 e. The van der Waals surface area contributed by atoms with Gasteiger partial charge < -0.3 is 15.5 Å². The molecule has 30 heavy (non-hydrogen) atoms. The summed E-state index contributed by atoms with van der Waals surface area (Å²) in [5, 5.41) is 4.83. The Kier molecular flexibility index (Phi) is 6.99. The third-order valence-electron chi connectivity index (χ3n) is 5.22. The van der Waals surface area contributed by atoms with E-state index in [2.05, 4.69) is 15.5 Å². The Morgan fingerprint density at radius 2 is 1.70 bits per heavy atom. The fourth-order valence-corrected chi connectivity index (χ4v) is 3.55. The van der Waals surface area contributed by atoms with Gasteiger partial charge in [0.1, 0.15) is 11.6 Å². The third kappa shape index (κ3) is 5.33. The largest absolute Gasteiger partial charge is 0.378 e. The van der Waals surface area contributed by atoms with Crippen molar-refractivity contribution in [2.45, 2.75) is 18.9 Å². The molecule has 0 aliphatic carbocycles. The van der Waals surface area contributed by atoms with E-state index in [1.165, 1.54) is 0 Å². The second-order valence-electron chi connectivity index (χ2n) is 7.53. The number of benzene rings is 2. The summed E-state index contributed by atoms with van der Waals surface area (Å²) in [5.74, 6) is -3.56. The van der Waals surface area contributed by atoms with Crippen molar-refractivity contribution in [1.82, 2.24) is 10.2 Å². The molecule has 6 nitrogen and oxygen atoms in total. The maximum atomic E-state index is 13.7. The minimum absolute atomic E-state index is 0.0666. The third-order valence-corrected chi connectivity index (χ3v) is 5.22. The van der Waals surface area contributed by atoms with Crippen LogP contribution in [0.1, 0.15) is 24.4 Å². The monoisotopic (exact) mass is 416 g/mol. The number of likely N-dealkylation sites (tertiary alicyclic amines) is 1. The number of hydrogen-bond donors (Lipinski definition) is 2. The molecule has 0 aromatic heterocycles. The first-order valence-corrected chi connectivity index (χ1v) is 9.90. The van der Waals surface area contributed by atoms with Crippen LogP contribution in [0.5, 0.6) is 0 Å². The molecule has 160 valence electrons. The number of hydrogen-bond acceptors (Lipinski definition) is 4. The van der Waals surface area contributed by atoms with Gasteiger partial charge in [-0.3, -0.25) is 14.5 Å². The Balaban J connectivity index is 1.65. The molecule has 1 unspecified atom stereocenters. The highest BCUT2D eigenvalue weighted by Gasteiger charge is 2.25. The van der Waals surface area contributed by atoms with Crippen molar-refractivity contribution in [2.75, 3.05) is 43.9 Å². The summed E-state index contributed by atoms with van der Waals surface area (Å²) in [6, 6.07) is 10.8. The zero-order chi connectivity index (χ0) is 21.7. The van der Waals surface area contributed by atoms with Crippen molar-refractivity contribution in [2.24, 2.45) is 0 Å². The fourth-order valence-electron chi connectivity index (χ4n) is 3.55. The molecule has 1 aliphatic rings. The van der Waals surface area contributed by atoms with Gasteiger partial charge in [0.15, 0.2) is 0 Å².